The number of aromatic nitrogens is 2. The van der Waals surface area contributed by atoms with Gasteiger partial charge in [-0.2, -0.15) is 0 Å². The largest absolute Gasteiger partial charge is 0.493 e. The highest BCUT2D eigenvalue weighted by atomic mass is 32.1. The van der Waals surface area contributed by atoms with Crippen LogP contribution in [-0.2, 0) is 6.42 Å². The molecule has 2 rings (SSSR count). The van der Waals surface area contributed by atoms with Gasteiger partial charge in [-0.3, -0.25) is 9.78 Å². The number of aryl methyl sites for hydroxylation is 1. The van der Waals surface area contributed by atoms with Crippen molar-refractivity contribution < 1.29 is 14.2 Å². The molecular formula is C16H20N2O4S. The van der Waals surface area contributed by atoms with E-state index in [2.05, 4.69) is 9.97 Å². The van der Waals surface area contributed by atoms with Gasteiger partial charge in [0, 0.05) is 17.7 Å². The van der Waals surface area contributed by atoms with Gasteiger partial charge in [-0.15, -0.1) is 0 Å². The lowest BCUT2D eigenvalue weighted by molar-refractivity contribution is 0.288. The second-order valence-corrected chi connectivity index (χ2v) is 5.36. The van der Waals surface area contributed by atoms with Crippen LogP contribution in [0.1, 0.15) is 23.7 Å². The zero-order valence-electron chi connectivity index (χ0n) is 13.6. The van der Waals surface area contributed by atoms with Crippen molar-refractivity contribution in [1.82, 2.24) is 9.97 Å². The highest BCUT2D eigenvalue weighted by Crippen LogP contribution is 2.39. The number of hydrogen-bond donors (Lipinski definition) is 2. The van der Waals surface area contributed by atoms with E-state index in [0.717, 1.165) is 11.3 Å². The third-order valence-corrected chi connectivity index (χ3v) is 3.65. The van der Waals surface area contributed by atoms with Crippen molar-refractivity contribution in [1.29, 1.82) is 0 Å². The molecule has 1 heterocycles. The fourth-order valence-electron chi connectivity index (χ4n) is 2.37. The van der Waals surface area contributed by atoms with E-state index in [-0.39, 0.29) is 5.56 Å². The van der Waals surface area contributed by atoms with Crippen LogP contribution in [0.25, 0.3) is 0 Å². The minimum Gasteiger partial charge on any atom is -0.493 e. The van der Waals surface area contributed by atoms with Crippen molar-refractivity contribution in [2.24, 2.45) is 0 Å². The van der Waals surface area contributed by atoms with Crippen LogP contribution in [0.4, 0.5) is 0 Å². The summed E-state index contributed by atoms with van der Waals surface area (Å²) in [4.78, 5) is 17.7. The summed E-state index contributed by atoms with van der Waals surface area (Å²) in [6.45, 7) is 4.21. The van der Waals surface area contributed by atoms with Gasteiger partial charge in [0.2, 0.25) is 5.75 Å². The fraction of sp³-hybridized carbons (Fsp3) is 0.375. The minimum absolute atomic E-state index is 0.196. The van der Waals surface area contributed by atoms with Crippen LogP contribution in [0.15, 0.2) is 16.9 Å². The van der Waals surface area contributed by atoms with Crippen molar-refractivity contribution in [2.75, 3.05) is 20.8 Å². The van der Waals surface area contributed by atoms with Crippen LogP contribution >= 0.6 is 12.2 Å². The van der Waals surface area contributed by atoms with Gasteiger partial charge in [0.25, 0.3) is 5.56 Å². The van der Waals surface area contributed by atoms with Crippen molar-refractivity contribution >= 4 is 12.2 Å². The molecule has 2 aromatic rings. The van der Waals surface area contributed by atoms with Crippen LogP contribution in [0.3, 0.4) is 0 Å². The van der Waals surface area contributed by atoms with Gasteiger partial charge in [0.05, 0.1) is 20.8 Å². The first-order chi connectivity index (χ1) is 11.0. The number of aromatic amines is 2. The summed E-state index contributed by atoms with van der Waals surface area (Å²) in [5.41, 5.74) is 2.04. The lowest BCUT2D eigenvalue weighted by Gasteiger charge is -2.15. The molecule has 0 radical (unpaired) electrons. The van der Waals surface area contributed by atoms with Crippen molar-refractivity contribution in [3.05, 3.63) is 44.1 Å². The molecule has 6 nitrogen and oxygen atoms in total. The van der Waals surface area contributed by atoms with E-state index < -0.39 is 0 Å². The maximum Gasteiger partial charge on any atom is 0.255 e. The van der Waals surface area contributed by atoms with E-state index in [4.69, 9.17) is 26.4 Å². The fourth-order valence-corrected chi connectivity index (χ4v) is 2.61. The van der Waals surface area contributed by atoms with Crippen LogP contribution in [0.2, 0.25) is 0 Å². The molecule has 124 valence electrons. The molecule has 0 bridgehead atoms. The van der Waals surface area contributed by atoms with E-state index in [1.54, 1.807) is 14.2 Å². The lowest BCUT2D eigenvalue weighted by atomic mass is 10.0. The summed E-state index contributed by atoms with van der Waals surface area (Å²) < 4.78 is 16.7. The summed E-state index contributed by atoms with van der Waals surface area (Å²) in [5.74, 6) is 1.69. The monoisotopic (exact) mass is 336 g/mol. The quantitative estimate of drug-likeness (QED) is 0.793. The normalized spacial score (nSPS) is 10.4. The van der Waals surface area contributed by atoms with E-state index in [1.807, 2.05) is 26.0 Å². The Kier molecular flexibility index (Phi) is 5.44. The molecule has 0 amide bonds. The van der Waals surface area contributed by atoms with Gasteiger partial charge in [0.15, 0.2) is 16.3 Å². The SMILES string of the molecule is CCOc1c(OC)cc(Cc2c(C)[nH]c(=S)[nH]c2=O)cc1OC. The van der Waals surface area contributed by atoms with Crippen LogP contribution < -0.4 is 19.8 Å². The number of ether oxygens (including phenoxy) is 3. The Bertz CT molecular complexity index is 785. The van der Waals surface area contributed by atoms with Gasteiger partial charge < -0.3 is 19.2 Å². The molecule has 23 heavy (non-hydrogen) atoms. The predicted molar refractivity (Wildman–Crippen MR) is 90.5 cm³/mol. The molecule has 1 aromatic heterocycles. The topological polar surface area (TPSA) is 76.3 Å². The summed E-state index contributed by atoms with van der Waals surface area (Å²) in [6.07, 6.45) is 0.423. The van der Waals surface area contributed by atoms with Crippen molar-refractivity contribution in [2.45, 2.75) is 20.3 Å². The molecule has 0 aliphatic rings. The maximum atomic E-state index is 12.1. The summed E-state index contributed by atoms with van der Waals surface area (Å²) in [5, 5.41) is 0. The predicted octanol–water partition coefficient (Wildman–Crippen LogP) is 2.75. The highest BCUT2D eigenvalue weighted by Gasteiger charge is 2.15. The molecule has 0 atom stereocenters. The Balaban J connectivity index is 2.49. The van der Waals surface area contributed by atoms with Crippen LogP contribution in [0.5, 0.6) is 17.2 Å². The third-order valence-electron chi connectivity index (χ3n) is 3.44. The first-order valence-electron chi connectivity index (χ1n) is 7.19. The summed E-state index contributed by atoms with van der Waals surface area (Å²) in [6, 6.07) is 3.68. The van der Waals surface area contributed by atoms with Crippen molar-refractivity contribution in [3.8, 4) is 17.2 Å². The smallest absolute Gasteiger partial charge is 0.255 e. The maximum absolute atomic E-state index is 12.1. The summed E-state index contributed by atoms with van der Waals surface area (Å²) in [7, 11) is 3.14. The second-order valence-electron chi connectivity index (χ2n) is 4.95. The van der Waals surface area contributed by atoms with Gasteiger partial charge in [0.1, 0.15) is 0 Å². The average molecular weight is 336 g/mol. The Morgan fingerprint density at radius 3 is 2.22 bits per heavy atom. The van der Waals surface area contributed by atoms with E-state index >= 15 is 0 Å². The first kappa shape index (κ1) is 17.1. The van der Waals surface area contributed by atoms with Gasteiger partial charge >= 0.3 is 0 Å². The summed E-state index contributed by atoms with van der Waals surface area (Å²) >= 11 is 4.97. The van der Waals surface area contributed by atoms with Gasteiger partial charge in [-0.1, -0.05) is 0 Å². The Morgan fingerprint density at radius 2 is 1.74 bits per heavy atom. The lowest BCUT2D eigenvalue weighted by Crippen LogP contribution is -2.16. The number of H-pyrrole nitrogens is 2. The zero-order chi connectivity index (χ0) is 17.0. The number of hydrogen-bond acceptors (Lipinski definition) is 5. The standard InChI is InChI=1S/C16H20N2O4S/c1-5-22-14-12(20-3)7-10(8-13(14)21-4)6-11-9(2)17-16(23)18-15(11)19/h7-8H,5-6H2,1-4H3,(H2,17,18,19,23). The van der Waals surface area contributed by atoms with E-state index in [0.29, 0.717) is 40.6 Å². The molecule has 0 spiro atoms. The Morgan fingerprint density at radius 1 is 1.13 bits per heavy atom. The first-order valence-corrected chi connectivity index (χ1v) is 7.60. The molecule has 0 saturated heterocycles. The number of rotatable bonds is 6. The second kappa shape index (κ2) is 7.32. The van der Waals surface area contributed by atoms with Crippen LogP contribution in [-0.4, -0.2) is 30.8 Å². The van der Waals surface area contributed by atoms with Gasteiger partial charge in [-0.05, 0) is 43.8 Å². The number of methoxy groups -OCH3 is 2. The molecule has 0 saturated carbocycles. The third kappa shape index (κ3) is 3.73. The van der Waals surface area contributed by atoms with Gasteiger partial charge in [-0.25, -0.2) is 0 Å². The molecule has 2 N–H and O–H groups in total. The zero-order valence-corrected chi connectivity index (χ0v) is 14.4. The Hall–Kier alpha value is -2.28. The van der Waals surface area contributed by atoms with E-state index in [1.165, 1.54) is 0 Å². The molecule has 0 aliphatic heterocycles. The molecular weight excluding hydrogens is 316 g/mol. The van der Waals surface area contributed by atoms with Crippen molar-refractivity contribution in [3.63, 3.8) is 0 Å². The number of benzene rings is 1. The number of nitrogens with one attached hydrogen (secondary N) is 2. The molecule has 0 fully saturated rings. The van der Waals surface area contributed by atoms with E-state index in [9.17, 15) is 4.79 Å². The molecule has 0 unspecified atom stereocenters. The Labute approximate surface area is 139 Å². The molecule has 7 heteroatoms. The highest BCUT2D eigenvalue weighted by molar-refractivity contribution is 7.71. The molecule has 0 aliphatic carbocycles. The minimum atomic E-state index is -0.196. The molecule has 1 aromatic carbocycles. The van der Waals surface area contributed by atoms with Crippen LogP contribution in [0, 0.1) is 11.7 Å². The average Bonchev–Trinajstić information content (AvgIpc) is 2.51.